The van der Waals surface area contributed by atoms with Crippen LogP contribution in [0.2, 0.25) is 0 Å². The first kappa shape index (κ1) is 16.4. The van der Waals surface area contributed by atoms with Crippen LogP contribution in [-0.2, 0) is 0 Å². The lowest BCUT2D eigenvalue weighted by Gasteiger charge is -2.20. The molecule has 0 spiro atoms. The van der Waals surface area contributed by atoms with Crippen molar-refractivity contribution in [3.63, 3.8) is 0 Å². The Labute approximate surface area is 121 Å². The first-order chi connectivity index (χ1) is 8.96. The van der Waals surface area contributed by atoms with E-state index in [1.54, 1.807) is 18.2 Å². The van der Waals surface area contributed by atoms with Gasteiger partial charge < -0.3 is 4.74 Å². The summed E-state index contributed by atoms with van der Waals surface area (Å²) in [5.74, 6) is 0.534. The Morgan fingerprint density at radius 1 is 0.800 bits per heavy atom. The Morgan fingerprint density at radius 2 is 1.15 bits per heavy atom. The Morgan fingerprint density at radius 3 is 1.40 bits per heavy atom. The van der Waals surface area contributed by atoms with Gasteiger partial charge in [0, 0.05) is 22.0 Å². The van der Waals surface area contributed by atoms with Gasteiger partial charge in [0.25, 0.3) is 0 Å². The molecule has 1 rings (SSSR count). The predicted octanol–water partition coefficient (Wildman–Crippen LogP) is 4.15. The molecule has 0 aromatic heterocycles. The number of methoxy groups -OCH3 is 1. The van der Waals surface area contributed by atoms with Crippen molar-refractivity contribution in [3.8, 4) is 5.75 Å². The average molecular weight is 276 g/mol. The molecular weight excluding hydrogens is 252 g/mol. The van der Waals surface area contributed by atoms with Crippen molar-refractivity contribution < 1.29 is 14.3 Å². The minimum absolute atomic E-state index is 0.000593. The standard InChI is InChI=1S/C17H24O3/c1-16(2,3)14(18)11-8-12(10-13(9-11)20-7)15(19)17(4,5)6/h8-10H,1-7H3. The largest absolute Gasteiger partial charge is 0.497 e. The molecule has 0 bridgehead atoms. The van der Waals surface area contributed by atoms with Crippen molar-refractivity contribution in [2.24, 2.45) is 10.8 Å². The minimum Gasteiger partial charge on any atom is -0.497 e. The van der Waals surface area contributed by atoms with Crippen LogP contribution >= 0.6 is 0 Å². The summed E-state index contributed by atoms with van der Waals surface area (Å²) < 4.78 is 5.22. The summed E-state index contributed by atoms with van der Waals surface area (Å²) in [6.07, 6.45) is 0. The van der Waals surface area contributed by atoms with Crippen molar-refractivity contribution in [1.29, 1.82) is 0 Å². The summed E-state index contributed by atoms with van der Waals surface area (Å²) in [4.78, 5) is 24.8. The van der Waals surface area contributed by atoms with E-state index in [0.717, 1.165) is 0 Å². The topological polar surface area (TPSA) is 43.4 Å². The molecular formula is C17H24O3. The highest BCUT2D eigenvalue weighted by molar-refractivity contribution is 6.05. The number of hydrogen-bond donors (Lipinski definition) is 0. The third-order valence-electron chi connectivity index (χ3n) is 3.03. The van der Waals surface area contributed by atoms with Crippen molar-refractivity contribution >= 4 is 11.6 Å². The number of rotatable bonds is 3. The SMILES string of the molecule is COc1cc(C(=O)C(C)(C)C)cc(C(=O)C(C)(C)C)c1. The van der Waals surface area contributed by atoms with Crippen LogP contribution in [0.25, 0.3) is 0 Å². The molecule has 0 saturated heterocycles. The van der Waals surface area contributed by atoms with Crippen LogP contribution in [0, 0.1) is 10.8 Å². The summed E-state index contributed by atoms with van der Waals surface area (Å²) >= 11 is 0. The highest BCUT2D eigenvalue weighted by Gasteiger charge is 2.27. The lowest BCUT2D eigenvalue weighted by atomic mass is 9.83. The van der Waals surface area contributed by atoms with E-state index in [9.17, 15) is 9.59 Å². The van der Waals surface area contributed by atoms with Gasteiger partial charge in [0.15, 0.2) is 11.6 Å². The van der Waals surface area contributed by atoms with Gasteiger partial charge in [-0.05, 0) is 18.2 Å². The molecule has 0 amide bonds. The zero-order chi connectivity index (χ0) is 15.7. The van der Waals surface area contributed by atoms with E-state index >= 15 is 0 Å². The summed E-state index contributed by atoms with van der Waals surface area (Å²) in [6, 6.07) is 5.05. The fourth-order valence-corrected chi connectivity index (χ4v) is 1.85. The quantitative estimate of drug-likeness (QED) is 0.779. The van der Waals surface area contributed by atoms with Gasteiger partial charge >= 0.3 is 0 Å². The molecule has 0 aliphatic carbocycles. The Bertz CT molecular complexity index is 484. The maximum Gasteiger partial charge on any atom is 0.168 e. The zero-order valence-electron chi connectivity index (χ0n) is 13.5. The number of Topliss-reactive ketones (excluding diaryl/α,β-unsaturated/α-hetero) is 2. The van der Waals surface area contributed by atoms with Crippen molar-refractivity contribution in [2.45, 2.75) is 41.5 Å². The van der Waals surface area contributed by atoms with E-state index in [0.29, 0.717) is 16.9 Å². The molecule has 0 fully saturated rings. The van der Waals surface area contributed by atoms with Crippen LogP contribution in [0.15, 0.2) is 18.2 Å². The molecule has 0 aliphatic heterocycles. The summed E-state index contributed by atoms with van der Waals surface area (Å²) in [6.45, 7) is 11.2. The number of hydrogen-bond acceptors (Lipinski definition) is 3. The molecule has 0 unspecified atom stereocenters. The molecule has 3 heteroatoms. The normalized spacial score (nSPS) is 12.2. The number of carbonyl (C=O) groups is 2. The first-order valence-corrected chi connectivity index (χ1v) is 6.75. The molecule has 0 N–H and O–H groups in total. The van der Waals surface area contributed by atoms with E-state index in [2.05, 4.69) is 0 Å². The molecule has 0 saturated carbocycles. The van der Waals surface area contributed by atoms with Crippen LogP contribution in [0.4, 0.5) is 0 Å². The molecule has 110 valence electrons. The summed E-state index contributed by atoms with van der Waals surface area (Å²) in [7, 11) is 1.53. The molecule has 0 heterocycles. The third kappa shape index (κ3) is 3.69. The molecule has 0 atom stereocenters. The molecule has 0 radical (unpaired) electrons. The maximum atomic E-state index is 12.4. The van der Waals surface area contributed by atoms with Gasteiger partial charge in [-0.15, -0.1) is 0 Å². The summed E-state index contributed by atoms with van der Waals surface area (Å²) in [5.41, 5.74) is 0.0527. The van der Waals surface area contributed by atoms with Gasteiger partial charge in [-0.2, -0.15) is 0 Å². The third-order valence-corrected chi connectivity index (χ3v) is 3.03. The second-order valence-electron chi connectivity index (χ2n) is 7.11. The van der Waals surface area contributed by atoms with Crippen molar-refractivity contribution in [2.75, 3.05) is 7.11 Å². The van der Waals surface area contributed by atoms with Crippen LogP contribution < -0.4 is 4.74 Å². The van der Waals surface area contributed by atoms with Crippen LogP contribution in [0.1, 0.15) is 62.3 Å². The fourth-order valence-electron chi connectivity index (χ4n) is 1.85. The molecule has 3 nitrogen and oxygen atoms in total. The molecule has 1 aromatic carbocycles. The number of ether oxygens (including phenoxy) is 1. The van der Waals surface area contributed by atoms with E-state index in [1.807, 2.05) is 41.5 Å². The van der Waals surface area contributed by atoms with E-state index in [1.165, 1.54) is 7.11 Å². The highest BCUT2D eigenvalue weighted by atomic mass is 16.5. The van der Waals surface area contributed by atoms with Crippen molar-refractivity contribution in [1.82, 2.24) is 0 Å². The second kappa shape index (κ2) is 5.39. The van der Waals surface area contributed by atoms with Gasteiger partial charge in [0.1, 0.15) is 5.75 Å². The molecule has 20 heavy (non-hydrogen) atoms. The maximum absolute atomic E-state index is 12.4. The smallest absolute Gasteiger partial charge is 0.168 e. The molecule has 1 aromatic rings. The lowest BCUT2D eigenvalue weighted by molar-refractivity contribution is 0.0855. The number of carbonyl (C=O) groups excluding carboxylic acids is 2. The Hall–Kier alpha value is -1.64. The minimum atomic E-state index is -0.492. The lowest BCUT2D eigenvalue weighted by Crippen LogP contribution is -2.23. The highest BCUT2D eigenvalue weighted by Crippen LogP contribution is 2.28. The van der Waals surface area contributed by atoms with Gasteiger partial charge in [0.2, 0.25) is 0 Å². The van der Waals surface area contributed by atoms with E-state index in [-0.39, 0.29) is 11.6 Å². The van der Waals surface area contributed by atoms with Crippen LogP contribution in [0.3, 0.4) is 0 Å². The monoisotopic (exact) mass is 276 g/mol. The predicted molar refractivity (Wildman–Crippen MR) is 80.6 cm³/mol. The van der Waals surface area contributed by atoms with Crippen molar-refractivity contribution in [3.05, 3.63) is 29.3 Å². The summed E-state index contributed by atoms with van der Waals surface area (Å²) in [5, 5.41) is 0. The first-order valence-electron chi connectivity index (χ1n) is 6.75. The Balaban J connectivity index is 3.37. The van der Waals surface area contributed by atoms with Gasteiger partial charge in [-0.3, -0.25) is 9.59 Å². The number of benzene rings is 1. The average Bonchev–Trinajstić information content (AvgIpc) is 2.34. The second-order valence-corrected chi connectivity index (χ2v) is 7.11. The van der Waals surface area contributed by atoms with Crippen LogP contribution in [0.5, 0.6) is 5.75 Å². The number of ketones is 2. The Kier molecular flexibility index (Phi) is 4.42. The van der Waals surface area contributed by atoms with Gasteiger partial charge in [-0.25, -0.2) is 0 Å². The van der Waals surface area contributed by atoms with E-state index in [4.69, 9.17) is 4.74 Å². The fraction of sp³-hybridized carbons (Fsp3) is 0.529. The molecule has 0 aliphatic rings. The van der Waals surface area contributed by atoms with Gasteiger partial charge in [-0.1, -0.05) is 41.5 Å². The van der Waals surface area contributed by atoms with Crippen LogP contribution in [-0.4, -0.2) is 18.7 Å². The van der Waals surface area contributed by atoms with Gasteiger partial charge in [0.05, 0.1) is 7.11 Å². The van der Waals surface area contributed by atoms with E-state index < -0.39 is 10.8 Å². The zero-order valence-corrected chi connectivity index (χ0v) is 13.5.